The molecule has 4 nitrogen and oxygen atoms in total. The SMILES string of the molecule is CCC(N)CCCOC(=O)CCCCCN. The minimum Gasteiger partial charge on any atom is -0.466 e. The second kappa shape index (κ2) is 10.9. The second-order valence-corrected chi connectivity index (χ2v) is 4.13. The van der Waals surface area contributed by atoms with Gasteiger partial charge in [-0.3, -0.25) is 4.79 Å². The van der Waals surface area contributed by atoms with Gasteiger partial charge in [-0.15, -0.1) is 0 Å². The van der Waals surface area contributed by atoms with E-state index in [4.69, 9.17) is 16.2 Å². The average Bonchev–Trinajstić information content (AvgIpc) is 2.30. The largest absolute Gasteiger partial charge is 0.466 e. The van der Waals surface area contributed by atoms with E-state index in [2.05, 4.69) is 6.92 Å². The smallest absolute Gasteiger partial charge is 0.305 e. The summed E-state index contributed by atoms with van der Waals surface area (Å²) in [6.45, 7) is 3.27. The highest BCUT2D eigenvalue weighted by Gasteiger charge is 2.03. The van der Waals surface area contributed by atoms with Gasteiger partial charge in [0.15, 0.2) is 0 Å². The fraction of sp³-hybridized carbons (Fsp3) is 0.917. The minimum atomic E-state index is -0.0953. The van der Waals surface area contributed by atoms with E-state index in [0.717, 1.165) is 38.5 Å². The van der Waals surface area contributed by atoms with Crippen molar-refractivity contribution in [2.24, 2.45) is 11.5 Å². The van der Waals surface area contributed by atoms with Crippen LogP contribution in [0.5, 0.6) is 0 Å². The third-order valence-corrected chi connectivity index (χ3v) is 2.59. The lowest BCUT2D eigenvalue weighted by molar-refractivity contribution is -0.143. The van der Waals surface area contributed by atoms with Gasteiger partial charge in [0, 0.05) is 12.5 Å². The molecule has 0 aliphatic carbocycles. The van der Waals surface area contributed by atoms with E-state index in [1.54, 1.807) is 0 Å². The summed E-state index contributed by atoms with van der Waals surface area (Å²) in [5, 5.41) is 0. The Bertz CT molecular complexity index is 174. The molecule has 0 heterocycles. The molecular formula is C12H26N2O2. The third kappa shape index (κ3) is 9.93. The topological polar surface area (TPSA) is 78.3 Å². The quantitative estimate of drug-likeness (QED) is 0.441. The monoisotopic (exact) mass is 230 g/mol. The van der Waals surface area contributed by atoms with Gasteiger partial charge in [0.25, 0.3) is 0 Å². The van der Waals surface area contributed by atoms with Crippen molar-refractivity contribution in [1.29, 1.82) is 0 Å². The molecule has 0 saturated carbocycles. The molecule has 0 bridgehead atoms. The van der Waals surface area contributed by atoms with Crippen LogP contribution in [-0.2, 0) is 9.53 Å². The van der Waals surface area contributed by atoms with E-state index < -0.39 is 0 Å². The molecule has 0 aromatic rings. The fourth-order valence-corrected chi connectivity index (χ4v) is 1.40. The zero-order valence-corrected chi connectivity index (χ0v) is 10.4. The van der Waals surface area contributed by atoms with Gasteiger partial charge < -0.3 is 16.2 Å². The standard InChI is InChI=1S/C12H26N2O2/c1-2-11(14)7-6-10-16-12(15)8-4-3-5-9-13/h11H,2-10,13-14H2,1H3. The summed E-state index contributed by atoms with van der Waals surface area (Å²) in [5.41, 5.74) is 11.1. The number of carbonyl (C=O) groups excluding carboxylic acids is 1. The fourth-order valence-electron chi connectivity index (χ4n) is 1.40. The zero-order valence-electron chi connectivity index (χ0n) is 10.4. The van der Waals surface area contributed by atoms with Crippen LogP contribution in [0.2, 0.25) is 0 Å². The van der Waals surface area contributed by atoms with Crippen molar-refractivity contribution in [1.82, 2.24) is 0 Å². The molecule has 1 unspecified atom stereocenters. The number of carbonyl (C=O) groups is 1. The summed E-state index contributed by atoms with van der Waals surface area (Å²) >= 11 is 0. The first-order valence-electron chi connectivity index (χ1n) is 6.32. The van der Waals surface area contributed by atoms with Gasteiger partial charge >= 0.3 is 5.97 Å². The summed E-state index contributed by atoms with van der Waals surface area (Å²) in [6.07, 6.45) is 6.16. The van der Waals surface area contributed by atoms with Crippen molar-refractivity contribution in [3.63, 3.8) is 0 Å². The van der Waals surface area contributed by atoms with E-state index in [-0.39, 0.29) is 12.0 Å². The predicted octanol–water partition coefficient (Wildman–Crippen LogP) is 1.57. The molecule has 4 heteroatoms. The number of hydrogen-bond donors (Lipinski definition) is 2. The highest BCUT2D eigenvalue weighted by molar-refractivity contribution is 5.69. The lowest BCUT2D eigenvalue weighted by atomic mass is 10.1. The van der Waals surface area contributed by atoms with Crippen LogP contribution in [0, 0.1) is 0 Å². The number of esters is 1. The molecule has 0 aliphatic heterocycles. The third-order valence-electron chi connectivity index (χ3n) is 2.59. The number of hydrogen-bond acceptors (Lipinski definition) is 4. The number of unbranched alkanes of at least 4 members (excludes halogenated alkanes) is 2. The van der Waals surface area contributed by atoms with Crippen LogP contribution in [0.4, 0.5) is 0 Å². The molecule has 96 valence electrons. The van der Waals surface area contributed by atoms with Gasteiger partial charge in [0.1, 0.15) is 0 Å². The lowest BCUT2D eigenvalue weighted by Gasteiger charge is -2.08. The first-order valence-corrected chi connectivity index (χ1v) is 6.32. The van der Waals surface area contributed by atoms with Crippen LogP contribution in [0.1, 0.15) is 51.9 Å². The molecule has 0 aromatic carbocycles. The summed E-state index contributed by atoms with van der Waals surface area (Å²) in [7, 11) is 0. The Morgan fingerprint density at radius 1 is 1.25 bits per heavy atom. The number of rotatable bonds is 10. The van der Waals surface area contributed by atoms with Gasteiger partial charge in [-0.2, -0.15) is 0 Å². The average molecular weight is 230 g/mol. The van der Waals surface area contributed by atoms with Gasteiger partial charge in [-0.25, -0.2) is 0 Å². The highest BCUT2D eigenvalue weighted by Crippen LogP contribution is 2.02. The van der Waals surface area contributed by atoms with E-state index in [1.807, 2.05) is 0 Å². The van der Waals surface area contributed by atoms with Crippen LogP contribution < -0.4 is 11.5 Å². The molecule has 0 spiro atoms. The first-order chi connectivity index (χ1) is 7.70. The van der Waals surface area contributed by atoms with E-state index >= 15 is 0 Å². The van der Waals surface area contributed by atoms with Crippen LogP contribution in [-0.4, -0.2) is 25.2 Å². The predicted molar refractivity (Wildman–Crippen MR) is 66.0 cm³/mol. The molecule has 0 fully saturated rings. The van der Waals surface area contributed by atoms with Gasteiger partial charge in [-0.1, -0.05) is 13.3 Å². The highest BCUT2D eigenvalue weighted by atomic mass is 16.5. The molecule has 0 rings (SSSR count). The Morgan fingerprint density at radius 3 is 2.62 bits per heavy atom. The first kappa shape index (κ1) is 15.4. The van der Waals surface area contributed by atoms with Crippen molar-refractivity contribution in [2.45, 2.75) is 57.9 Å². The van der Waals surface area contributed by atoms with Crippen molar-refractivity contribution >= 4 is 5.97 Å². The number of nitrogens with two attached hydrogens (primary N) is 2. The molecule has 0 amide bonds. The Kier molecular flexibility index (Phi) is 10.5. The summed E-state index contributed by atoms with van der Waals surface area (Å²) in [4.78, 5) is 11.2. The summed E-state index contributed by atoms with van der Waals surface area (Å²) in [6, 6.07) is 0.239. The summed E-state index contributed by atoms with van der Waals surface area (Å²) < 4.78 is 5.09. The van der Waals surface area contributed by atoms with Crippen molar-refractivity contribution in [3.05, 3.63) is 0 Å². The molecule has 16 heavy (non-hydrogen) atoms. The van der Waals surface area contributed by atoms with Gasteiger partial charge in [-0.05, 0) is 38.6 Å². The van der Waals surface area contributed by atoms with Crippen LogP contribution >= 0.6 is 0 Å². The van der Waals surface area contributed by atoms with Crippen molar-refractivity contribution < 1.29 is 9.53 Å². The van der Waals surface area contributed by atoms with Gasteiger partial charge in [0.05, 0.1) is 6.61 Å². The van der Waals surface area contributed by atoms with E-state index in [0.29, 0.717) is 19.6 Å². The molecule has 0 saturated heterocycles. The maximum absolute atomic E-state index is 11.2. The Morgan fingerprint density at radius 2 is 2.00 bits per heavy atom. The molecule has 0 aliphatic rings. The van der Waals surface area contributed by atoms with Crippen LogP contribution in [0.25, 0.3) is 0 Å². The Labute approximate surface area is 98.7 Å². The normalized spacial score (nSPS) is 12.4. The zero-order chi connectivity index (χ0) is 12.2. The Balaban J connectivity index is 3.24. The molecule has 1 atom stereocenters. The maximum Gasteiger partial charge on any atom is 0.305 e. The van der Waals surface area contributed by atoms with Crippen LogP contribution in [0.3, 0.4) is 0 Å². The van der Waals surface area contributed by atoms with E-state index in [1.165, 1.54) is 0 Å². The second-order valence-electron chi connectivity index (χ2n) is 4.13. The van der Waals surface area contributed by atoms with Gasteiger partial charge in [0.2, 0.25) is 0 Å². The lowest BCUT2D eigenvalue weighted by Crippen LogP contribution is -2.19. The van der Waals surface area contributed by atoms with Crippen LogP contribution in [0.15, 0.2) is 0 Å². The van der Waals surface area contributed by atoms with Crippen molar-refractivity contribution in [3.8, 4) is 0 Å². The van der Waals surface area contributed by atoms with E-state index in [9.17, 15) is 4.79 Å². The molecular weight excluding hydrogens is 204 g/mol. The molecule has 0 radical (unpaired) electrons. The summed E-state index contributed by atoms with van der Waals surface area (Å²) in [5.74, 6) is -0.0953. The van der Waals surface area contributed by atoms with Crippen molar-refractivity contribution in [2.75, 3.05) is 13.2 Å². The number of ether oxygens (including phenoxy) is 1. The maximum atomic E-state index is 11.2. The molecule has 0 aromatic heterocycles. The molecule has 4 N–H and O–H groups in total. The minimum absolute atomic E-state index is 0.0953. The Hall–Kier alpha value is -0.610.